The minimum absolute atomic E-state index is 0.0193. The van der Waals surface area contributed by atoms with Crippen LogP contribution >= 0.6 is 0 Å². The Hall–Kier alpha value is -1.69. The Morgan fingerprint density at radius 3 is 3.07 bits per heavy atom. The van der Waals surface area contributed by atoms with Crippen LogP contribution in [0.5, 0.6) is 5.75 Å². The molecule has 82 valence electrons. The maximum Gasteiger partial charge on any atom is 0.329 e. The average molecular weight is 211 g/mol. The van der Waals surface area contributed by atoms with Crippen molar-refractivity contribution in [2.75, 3.05) is 6.61 Å². The fourth-order valence-corrected chi connectivity index (χ4v) is 0.987. The molecule has 6 heteroatoms. The van der Waals surface area contributed by atoms with Crippen LogP contribution in [0.3, 0.4) is 0 Å². The van der Waals surface area contributed by atoms with E-state index >= 15 is 0 Å². The van der Waals surface area contributed by atoms with Gasteiger partial charge in [-0.05, 0) is 13.3 Å². The second kappa shape index (κ2) is 5.26. The van der Waals surface area contributed by atoms with Crippen molar-refractivity contribution in [2.24, 2.45) is 5.73 Å². The molecule has 0 aliphatic carbocycles. The average Bonchev–Trinajstić information content (AvgIpc) is 2.17. The van der Waals surface area contributed by atoms with Crippen molar-refractivity contribution in [1.29, 1.82) is 0 Å². The standard InChI is InChI=1S/C9H13N3O3/c1-7(10)3-5-15-9-2-4-11-6-8(9)12(13)14/h2,4,6-7H,3,5,10H2,1H3. The zero-order valence-electron chi connectivity index (χ0n) is 8.42. The molecule has 1 heterocycles. The lowest BCUT2D eigenvalue weighted by molar-refractivity contribution is -0.386. The van der Waals surface area contributed by atoms with Crippen LogP contribution in [0.2, 0.25) is 0 Å². The Morgan fingerprint density at radius 2 is 2.47 bits per heavy atom. The normalized spacial score (nSPS) is 12.1. The molecule has 0 aromatic carbocycles. The van der Waals surface area contributed by atoms with Crippen LogP contribution < -0.4 is 10.5 Å². The van der Waals surface area contributed by atoms with E-state index in [1.165, 1.54) is 18.5 Å². The van der Waals surface area contributed by atoms with Crippen molar-refractivity contribution < 1.29 is 9.66 Å². The summed E-state index contributed by atoms with van der Waals surface area (Å²) >= 11 is 0. The van der Waals surface area contributed by atoms with Gasteiger partial charge >= 0.3 is 5.69 Å². The van der Waals surface area contributed by atoms with E-state index in [2.05, 4.69) is 4.98 Å². The number of rotatable bonds is 5. The highest BCUT2D eigenvalue weighted by molar-refractivity contribution is 5.42. The molecule has 0 radical (unpaired) electrons. The molecule has 1 rings (SSSR count). The van der Waals surface area contributed by atoms with Gasteiger partial charge in [0, 0.05) is 18.3 Å². The van der Waals surface area contributed by atoms with Gasteiger partial charge in [0.1, 0.15) is 6.20 Å². The molecule has 1 aromatic rings. The van der Waals surface area contributed by atoms with Crippen molar-refractivity contribution in [3.05, 3.63) is 28.6 Å². The monoisotopic (exact) mass is 211 g/mol. The third kappa shape index (κ3) is 3.51. The molecule has 0 saturated heterocycles. The SMILES string of the molecule is CC(N)CCOc1ccncc1[N+](=O)[O-]. The van der Waals surface area contributed by atoms with Gasteiger partial charge in [0.15, 0.2) is 5.75 Å². The number of aromatic nitrogens is 1. The van der Waals surface area contributed by atoms with Gasteiger partial charge < -0.3 is 10.5 Å². The third-order valence-corrected chi connectivity index (χ3v) is 1.79. The molecule has 15 heavy (non-hydrogen) atoms. The zero-order valence-corrected chi connectivity index (χ0v) is 8.42. The van der Waals surface area contributed by atoms with E-state index in [9.17, 15) is 10.1 Å². The Kier molecular flexibility index (Phi) is 3.99. The van der Waals surface area contributed by atoms with Crippen molar-refractivity contribution in [3.63, 3.8) is 0 Å². The summed E-state index contributed by atoms with van der Waals surface area (Å²) in [7, 11) is 0. The molecule has 6 nitrogen and oxygen atoms in total. The fourth-order valence-electron chi connectivity index (χ4n) is 0.987. The molecule has 0 amide bonds. The number of nitro groups is 1. The Bertz CT molecular complexity index is 341. The van der Waals surface area contributed by atoms with Crippen LogP contribution in [0.15, 0.2) is 18.5 Å². The maximum absolute atomic E-state index is 10.6. The van der Waals surface area contributed by atoms with E-state index < -0.39 is 4.92 Å². The number of hydrogen-bond donors (Lipinski definition) is 1. The third-order valence-electron chi connectivity index (χ3n) is 1.79. The molecule has 0 aliphatic rings. The lowest BCUT2D eigenvalue weighted by Crippen LogP contribution is -2.18. The smallest absolute Gasteiger partial charge is 0.329 e. The van der Waals surface area contributed by atoms with Crippen LogP contribution in [0, 0.1) is 10.1 Å². The molecular weight excluding hydrogens is 198 g/mol. The first-order valence-electron chi connectivity index (χ1n) is 4.58. The van der Waals surface area contributed by atoms with Gasteiger partial charge in [-0.3, -0.25) is 15.1 Å². The van der Waals surface area contributed by atoms with Gasteiger partial charge in [-0.25, -0.2) is 0 Å². The molecular formula is C9H13N3O3. The van der Waals surface area contributed by atoms with Crippen LogP contribution in [0.25, 0.3) is 0 Å². The highest BCUT2D eigenvalue weighted by atomic mass is 16.6. The highest BCUT2D eigenvalue weighted by Crippen LogP contribution is 2.24. The summed E-state index contributed by atoms with van der Waals surface area (Å²) in [5.74, 6) is 0.232. The fraction of sp³-hybridized carbons (Fsp3) is 0.444. The van der Waals surface area contributed by atoms with Crippen molar-refractivity contribution in [3.8, 4) is 5.75 Å². The lowest BCUT2D eigenvalue weighted by atomic mass is 10.3. The number of nitrogens with zero attached hydrogens (tertiary/aromatic N) is 2. The van der Waals surface area contributed by atoms with Gasteiger partial charge in [-0.1, -0.05) is 0 Å². The molecule has 0 fully saturated rings. The lowest BCUT2D eigenvalue weighted by Gasteiger charge is -2.07. The van der Waals surface area contributed by atoms with Crippen LogP contribution in [-0.4, -0.2) is 22.6 Å². The predicted molar refractivity (Wildman–Crippen MR) is 54.7 cm³/mol. The summed E-state index contributed by atoms with van der Waals surface area (Å²) in [5, 5.41) is 10.6. The molecule has 1 atom stereocenters. The summed E-state index contributed by atoms with van der Waals surface area (Å²) in [4.78, 5) is 13.7. The molecule has 0 saturated carbocycles. The topological polar surface area (TPSA) is 91.3 Å². The largest absolute Gasteiger partial charge is 0.487 e. The van der Waals surface area contributed by atoms with Crippen LogP contribution in [0.1, 0.15) is 13.3 Å². The van der Waals surface area contributed by atoms with Gasteiger partial charge in [-0.2, -0.15) is 0 Å². The van der Waals surface area contributed by atoms with E-state index in [-0.39, 0.29) is 17.5 Å². The molecule has 1 unspecified atom stereocenters. The highest BCUT2D eigenvalue weighted by Gasteiger charge is 2.14. The van der Waals surface area contributed by atoms with Gasteiger partial charge in [-0.15, -0.1) is 0 Å². The summed E-state index contributed by atoms with van der Waals surface area (Å²) in [6.45, 7) is 2.22. The van der Waals surface area contributed by atoms with Gasteiger partial charge in [0.2, 0.25) is 0 Å². The molecule has 0 bridgehead atoms. The Labute approximate surface area is 87.2 Å². The first-order chi connectivity index (χ1) is 7.11. The minimum Gasteiger partial charge on any atom is -0.487 e. The summed E-state index contributed by atoms with van der Waals surface area (Å²) in [6.07, 6.45) is 3.27. The Balaban J connectivity index is 2.63. The first kappa shape index (κ1) is 11.4. The number of nitrogens with two attached hydrogens (primary N) is 1. The maximum atomic E-state index is 10.6. The molecule has 1 aromatic heterocycles. The molecule has 0 aliphatic heterocycles. The number of hydrogen-bond acceptors (Lipinski definition) is 5. The van der Waals surface area contributed by atoms with E-state index in [0.29, 0.717) is 13.0 Å². The van der Waals surface area contributed by atoms with E-state index in [0.717, 1.165) is 0 Å². The van der Waals surface area contributed by atoms with Gasteiger partial charge in [0.05, 0.1) is 11.5 Å². The summed E-state index contributed by atoms with van der Waals surface area (Å²) in [6, 6.07) is 1.49. The van der Waals surface area contributed by atoms with Crippen molar-refractivity contribution >= 4 is 5.69 Å². The van der Waals surface area contributed by atoms with Crippen LogP contribution in [0.4, 0.5) is 5.69 Å². The number of ether oxygens (including phenoxy) is 1. The van der Waals surface area contributed by atoms with E-state index in [1.54, 1.807) is 0 Å². The van der Waals surface area contributed by atoms with Crippen molar-refractivity contribution in [2.45, 2.75) is 19.4 Å². The minimum atomic E-state index is -0.520. The molecule has 0 spiro atoms. The second-order valence-corrected chi connectivity index (χ2v) is 3.21. The summed E-state index contributed by atoms with van der Waals surface area (Å²) < 4.78 is 5.25. The first-order valence-corrected chi connectivity index (χ1v) is 4.58. The van der Waals surface area contributed by atoms with Crippen molar-refractivity contribution in [1.82, 2.24) is 4.98 Å². The molecule has 2 N–H and O–H groups in total. The van der Waals surface area contributed by atoms with E-state index in [4.69, 9.17) is 10.5 Å². The van der Waals surface area contributed by atoms with Crippen LogP contribution in [-0.2, 0) is 0 Å². The number of pyridine rings is 1. The quantitative estimate of drug-likeness (QED) is 0.581. The van der Waals surface area contributed by atoms with Gasteiger partial charge in [0.25, 0.3) is 0 Å². The predicted octanol–water partition coefficient (Wildman–Crippen LogP) is 1.11. The zero-order chi connectivity index (χ0) is 11.3. The second-order valence-electron chi connectivity index (χ2n) is 3.21. The van der Waals surface area contributed by atoms with E-state index in [1.807, 2.05) is 6.92 Å². The summed E-state index contributed by atoms with van der Waals surface area (Å²) in [5.41, 5.74) is 5.41. The Morgan fingerprint density at radius 1 is 1.73 bits per heavy atom.